The Labute approximate surface area is 145 Å². The van der Waals surface area contributed by atoms with E-state index in [0.717, 1.165) is 11.3 Å². The molecule has 2 heterocycles. The molecule has 1 aromatic rings. The number of amidine groups is 1. The van der Waals surface area contributed by atoms with Gasteiger partial charge in [0.05, 0.1) is 17.5 Å². The highest BCUT2D eigenvalue weighted by Gasteiger charge is 2.42. The van der Waals surface area contributed by atoms with Crippen molar-refractivity contribution in [3.05, 3.63) is 42.0 Å². The zero-order chi connectivity index (χ0) is 17.3. The Morgan fingerprint density at radius 3 is 2.96 bits per heavy atom. The highest BCUT2D eigenvalue weighted by atomic mass is 32.2. The fraction of sp³-hybridized carbons (Fsp3) is 0.375. The number of rotatable bonds is 4. The lowest BCUT2D eigenvalue weighted by atomic mass is 10.1. The second-order valence-corrected chi connectivity index (χ2v) is 9.27. The number of aliphatic imine (C=N–C) groups is 1. The van der Waals surface area contributed by atoms with Gasteiger partial charge in [-0.05, 0) is 24.6 Å². The highest BCUT2D eigenvalue weighted by Crippen LogP contribution is 2.35. The number of nitrogens with zero attached hydrogens (tertiary/aromatic N) is 1. The Kier molecular flexibility index (Phi) is 4.69. The largest absolute Gasteiger partial charge is 0.349 e. The summed E-state index contributed by atoms with van der Waals surface area (Å²) in [6.45, 7) is 5.93. The Morgan fingerprint density at radius 1 is 1.46 bits per heavy atom. The molecule has 3 rings (SSSR count). The van der Waals surface area contributed by atoms with Crippen LogP contribution in [0.3, 0.4) is 0 Å². The fourth-order valence-corrected chi connectivity index (χ4v) is 6.36. The van der Waals surface area contributed by atoms with E-state index in [2.05, 4.69) is 22.2 Å². The number of benzene rings is 1. The maximum absolute atomic E-state index is 12.0. The van der Waals surface area contributed by atoms with Crippen molar-refractivity contribution in [3.63, 3.8) is 0 Å². The lowest BCUT2D eigenvalue weighted by molar-refractivity contribution is 0.0958. The summed E-state index contributed by atoms with van der Waals surface area (Å²) in [5.41, 5.74) is 2.34. The number of sulfone groups is 1. The van der Waals surface area contributed by atoms with E-state index in [9.17, 15) is 13.2 Å². The van der Waals surface area contributed by atoms with Crippen LogP contribution in [0, 0.1) is 6.92 Å². The smallest absolute Gasteiger partial charge is 0.251 e. The minimum absolute atomic E-state index is 0.00289. The first-order valence-corrected chi connectivity index (χ1v) is 10.3. The molecule has 2 N–H and O–H groups in total. The van der Waals surface area contributed by atoms with Gasteiger partial charge in [-0.15, -0.1) is 6.58 Å². The van der Waals surface area contributed by atoms with Gasteiger partial charge in [0.15, 0.2) is 15.0 Å². The van der Waals surface area contributed by atoms with Gasteiger partial charge in [-0.25, -0.2) is 8.42 Å². The topological polar surface area (TPSA) is 87.6 Å². The third kappa shape index (κ3) is 3.64. The number of thioether (sulfide) groups is 1. The van der Waals surface area contributed by atoms with Gasteiger partial charge in [0.2, 0.25) is 0 Å². The molecule has 0 aromatic heterocycles. The first-order valence-electron chi connectivity index (χ1n) is 7.59. The van der Waals surface area contributed by atoms with Crippen molar-refractivity contribution in [1.29, 1.82) is 0 Å². The molecule has 2 aliphatic rings. The summed E-state index contributed by atoms with van der Waals surface area (Å²) >= 11 is 1.46. The normalized spacial score (nSPS) is 24.1. The van der Waals surface area contributed by atoms with Crippen molar-refractivity contribution in [2.24, 2.45) is 4.99 Å². The maximum Gasteiger partial charge on any atom is 0.251 e. The molecule has 6 nitrogen and oxygen atoms in total. The fourth-order valence-electron chi connectivity index (χ4n) is 2.70. The van der Waals surface area contributed by atoms with Crippen LogP contribution in [0.5, 0.6) is 0 Å². The monoisotopic (exact) mass is 365 g/mol. The Bertz CT molecular complexity index is 818. The zero-order valence-corrected chi connectivity index (χ0v) is 14.9. The van der Waals surface area contributed by atoms with Crippen molar-refractivity contribution in [2.45, 2.75) is 18.2 Å². The average Bonchev–Trinajstić information content (AvgIpc) is 2.99. The van der Waals surface area contributed by atoms with E-state index >= 15 is 0 Å². The van der Waals surface area contributed by atoms with E-state index in [0.29, 0.717) is 17.3 Å². The third-order valence-corrected chi connectivity index (χ3v) is 7.11. The van der Waals surface area contributed by atoms with Gasteiger partial charge in [-0.3, -0.25) is 9.79 Å². The van der Waals surface area contributed by atoms with Crippen molar-refractivity contribution >= 4 is 38.4 Å². The summed E-state index contributed by atoms with van der Waals surface area (Å²) in [5, 5.41) is 6.69. The minimum Gasteiger partial charge on any atom is -0.349 e. The van der Waals surface area contributed by atoms with E-state index < -0.39 is 9.84 Å². The van der Waals surface area contributed by atoms with E-state index in [-0.39, 0.29) is 28.7 Å². The number of aryl methyl sites for hydroxylation is 1. The van der Waals surface area contributed by atoms with Gasteiger partial charge in [-0.1, -0.05) is 23.9 Å². The van der Waals surface area contributed by atoms with Crippen LogP contribution in [0.15, 0.2) is 35.8 Å². The number of fused-ring (bicyclic) bond motifs is 1. The Morgan fingerprint density at radius 2 is 2.25 bits per heavy atom. The van der Waals surface area contributed by atoms with Crippen LogP contribution in [0.25, 0.3) is 0 Å². The highest BCUT2D eigenvalue weighted by molar-refractivity contribution is 8.15. The second-order valence-electron chi connectivity index (χ2n) is 5.89. The van der Waals surface area contributed by atoms with E-state index in [1.54, 1.807) is 18.2 Å². The molecule has 2 aliphatic heterocycles. The summed E-state index contributed by atoms with van der Waals surface area (Å²) in [4.78, 5) is 16.5. The van der Waals surface area contributed by atoms with E-state index in [1.165, 1.54) is 11.8 Å². The summed E-state index contributed by atoms with van der Waals surface area (Å²) < 4.78 is 23.2. The molecular weight excluding hydrogens is 346 g/mol. The van der Waals surface area contributed by atoms with Crippen LogP contribution in [0.2, 0.25) is 0 Å². The van der Waals surface area contributed by atoms with Crippen molar-refractivity contribution in [2.75, 3.05) is 23.4 Å². The van der Waals surface area contributed by atoms with Crippen molar-refractivity contribution < 1.29 is 13.2 Å². The summed E-state index contributed by atoms with van der Waals surface area (Å²) in [7, 11) is -2.95. The van der Waals surface area contributed by atoms with Gasteiger partial charge in [-0.2, -0.15) is 0 Å². The number of hydrogen-bond acceptors (Lipinski definition) is 6. The number of anilines is 1. The van der Waals surface area contributed by atoms with Gasteiger partial charge < -0.3 is 10.6 Å². The summed E-state index contributed by atoms with van der Waals surface area (Å²) in [6.07, 6.45) is 1.63. The van der Waals surface area contributed by atoms with Crippen LogP contribution in [0.4, 0.5) is 5.69 Å². The molecule has 0 radical (unpaired) electrons. The number of carbonyl (C=O) groups excluding carboxylic acids is 1. The molecule has 2 atom stereocenters. The van der Waals surface area contributed by atoms with Crippen LogP contribution in [-0.4, -0.2) is 48.8 Å². The molecule has 1 aromatic carbocycles. The maximum atomic E-state index is 12.0. The molecular formula is C16H19N3O3S2. The van der Waals surface area contributed by atoms with Gasteiger partial charge in [0.25, 0.3) is 5.91 Å². The molecule has 0 aliphatic carbocycles. The molecule has 1 amide bonds. The molecule has 0 bridgehead atoms. The lowest BCUT2D eigenvalue weighted by Crippen LogP contribution is -2.23. The first kappa shape index (κ1) is 17.0. The molecule has 1 fully saturated rings. The Hall–Kier alpha value is -1.80. The van der Waals surface area contributed by atoms with Crippen LogP contribution in [0.1, 0.15) is 15.9 Å². The molecule has 2 unspecified atom stereocenters. The van der Waals surface area contributed by atoms with Crippen LogP contribution >= 0.6 is 11.8 Å². The zero-order valence-electron chi connectivity index (χ0n) is 13.3. The number of carbonyl (C=O) groups is 1. The average molecular weight is 365 g/mol. The molecule has 128 valence electrons. The summed E-state index contributed by atoms with van der Waals surface area (Å²) in [6, 6.07) is 5.25. The molecule has 8 heteroatoms. The SMILES string of the molecule is C=CCNC(=O)c1ccc(C)c(NC2=NC3CS(=O)(=O)CC3S2)c1. The number of nitrogens with one attached hydrogen (secondary N) is 2. The van der Waals surface area contributed by atoms with Gasteiger partial charge in [0.1, 0.15) is 0 Å². The van der Waals surface area contributed by atoms with Gasteiger partial charge >= 0.3 is 0 Å². The van der Waals surface area contributed by atoms with Crippen LogP contribution in [-0.2, 0) is 9.84 Å². The molecule has 0 saturated carbocycles. The number of hydrogen-bond donors (Lipinski definition) is 2. The number of amides is 1. The van der Waals surface area contributed by atoms with E-state index in [1.807, 2.05) is 13.0 Å². The molecule has 24 heavy (non-hydrogen) atoms. The van der Waals surface area contributed by atoms with Crippen LogP contribution < -0.4 is 10.6 Å². The predicted octanol–water partition coefficient (Wildman–Crippen LogP) is 1.59. The van der Waals surface area contributed by atoms with Crippen molar-refractivity contribution in [1.82, 2.24) is 5.32 Å². The summed E-state index contributed by atoms with van der Waals surface area (Å²) in [5.74, 6) is 0.140. The minimum atomic E-state index is -2.95. The quantitative estimate of drug-likeness (QED) is 0.791. The van der Waals surface area contributed by atoms with Crippen molar-refractivity contribution in [3.8, 4) is 0 Å². The lowest BCUT2D eigenvalue weighted by Gasteiger charge is -2.11. The standard InChI is InChI=1S/C16H19N3O3S2/c1-3-6-17-15(20)11-5-4-10(2)12(7-11)18-16-19-13-8-24(21,22)9-14(13)23-16/h3-5,7,13-14H,1,6,8-9H2,2H3,(H,17,20)(H,18,19). The molecule has 1 saturated heterocycles. The predicted molar refractivity (Wildman–Crippen MR) is 98.6 cm³/mol. The first-order chi connectivity index (χ1) is 11.4. The van der Waals surface area contributed by atoms with E-state index in [4.69, 9.17) is 0 Å². The Balaban J connectivity index is 1.74. The molecule has 0 spiro atoms. The second kappa shape index (κ2) is 6.60. The third-order valence-electron chi connectivity index (χ3n) is 3.97. The van der Waals surface area contributed by atoms with Gasteiger partial charge in [0, 0.05) is 23.0 Å².